The van der Waals surface area contributed by atoms with Crippen molar-refractivity contribution >= 4 is 23.2 Å². The number of hydrogen-bond acceptors (Lipinski definition) is 1. The van der Waals surface area contributed by atoms with Crippen LogP contribution in [0.5, 0.6) is 0 Å². The first-order valence-electron chi connectivity index (χ1n) is 3.14. The van der Waals surface area contributed by atoms with E-state index in [1.54, 1.807) is 6.07 Å². The Labute approximate surface area is 79.3 Å². The second-order valence-electron chi connectivity index (χ2n) is 2.16. The molecule has 0 heterocycles. The van der Waals surface area contributed by atoms with E-state index < -0.39 is 11.2 Å². The quantitative estimate of drug-likeness (QED) is 0.644. The Bertz CT molecular complexity index is 332. The summed E-state index contributed by atoms with van der Waals surface area (Å²) in [6, 6.07) is 5.55. The van der Waals surface area contributed by atoms with Crippen molar-refractivity contribution in [3.05, 3.63) is 34.6 Å². The lowest BCUT2D eigenvalue weighted by Crippen LogP contribution is -1.88. The van der Waals surface area contributed by atoms with Crippen molar-refractivity contribution in [2.75, 3.05) is 0 Å². The number of benzene rings is 1. The van der Waals surface area contributed by atoms with Crippen LogP contribution >= 0.6 is 23.2 Å². The highest BCUT2D eigenvalue weighted by Gasteiger charge is 2.10. The Morgan fingerprint density at radius 1 is 1.50 bits per heavy atom. The Hall–Kier alpha value is -0.780. The summed E-state index contributed by atoms with van der Waals surface area (Å²) in [6.45, 7) is 0. The standard InChI is InChI=1S/C8H4Cl2FN/c9-7-3-5(11)1-2-6(7)8(10)4-12/h1-3,8H. The van der Waals surface area contributed by atoms with Gasteiger partial charge in [-0.1, -0.05) is 17.7 Å². The van der Waals surface area contributed by atoms with E-state index in [0.717, 1.165) is 6.07 Å². The third-order valence-electron chi connectivity index (χ3n) is 1.35. The predicted octanol–water partition coefficient (Wildman–Crippen LogP) is 3.28. The van der Waals surface area contributed by atoms with E-state index in [2.05, 4.69) is 0 Å². The normalized spacial score (nSPS) is 12.2. The van der Waals surface area contributed by atoms with Gasteiger partial charge in [0.1, 0.15) is 11.2 Å². The molecule has 0 aromatic heterocycles. The van der Waals surface area contributed by atoms with Crippen LogP contribution in [0.25, 0.3) is 0 Å². The van der Waals surface area contributed by atoms with E-state index in [-0.39, 0.29) is 5.02 Å². The van der Waals surface area contributed by atoms with Crippen LogP contribution in [-0.4, -0.2) is 0 Å². The fourth-order valence-corrected chi connectivity index (χ4v) is 1.30. The van der Waals surface area contributed by atoms with Gasteiger partial charge < -0.3 is 0 Å². The zero-order valence-corrected chi connectivity index (χ0v) is 7.40. The summed E-state index contributed by atoms with van der Waals surface area (Å²) in [5.41, 5.74) is 0.433. The smallest absolute Gasteiger partial charge is 0.146 e. The van der Waals surface area contributed by atoms with Crippen molar-refractivity contribution in [2.45, 2.75) is 5.38 Å². The minimum Gasteiger partial charge on any atom is -0.207 e. The van der Waals surface area contributed by atoms with E-state index in [0.29, 0.717) is 5.56 Å². The van der Waals surface area contributed by atoms with Gasteiger partial charge >= 0.3 is 0 Å². The number of rotatable bonds is 1. The number of halogens is 3. The van der Waals surface area contributed by atoms with Crippen LogP contribution in [0.1, 0.15) is 10.9 Å². The largest absolute Gasteiger partial charge is 0.207 e. The maximum atomic E-state index is 12.5. The van der Waals surface area contributed by atoms with Crippen LogP contribution < -0.4 is 0 Å². The first-order chi connectivity index (χ1) is 5.65. The van der Waals surface area contributed by atoms with Crippen molar-refractivity contribution in [3.63, 3.8) is 0 Å². The Morgan fingerprint density at radius 3 is 2.67 bits per heavy atom. The zero-order chi connectivity index (χ0) is 9.14. The van der Waals surface area contributed by atoms with Crippen LogP contribution in [0.15, 0.2) is 18.2 Å². The molecule has 0 spiro atoms. The molecular formula is C8H4Cl2FN. The molecule has 1 aromatic rings. The van der Waals surface area contributed by atoms with Gasteiger partial charge in [-0.05, 0) is 12.1 Å². The summed E-state index contributed by atoms with van der Waals surface area (Å²) in [7, 11) is 0. The second-order valence-corrected chi connectivity index (χ2v) is 3.00. The number of hydrogen-bond donors (Lipinski definition) is 0. The highest BCUT2D eigenvalue weighted by molar-refractivity contribution is 6.33. The molecule has 0 saturated heterocycles. The molecule has 62 valence electrons. The summed E-state index contributed by atoms with van der Waals surface area (Å²) in [5.74, 6) is -0.439. The third kappa shape index (κ3) is 1.88. The molecule has 12 heavy (non-hydrogen) atoms. The first kappa shape index (κ1) is 9.31. The van der Waals surface area contributed by atoms with E-state index in [1.807, 2.05) is 0 Å². The van der Waals surface area contributed by atoms with Crippen molar-refractivity contribution in [1.82, 2.24) is 0 Å². The van der Waals surface area contributed by atoms with Crippen LogP contribution in [-0.2, 0) is 0 Å². The van der Waals surface area contributed by atoms with E-state index >= 15 is 0 Å². The summed E-state index contributed by atoms with van der Waals surface area (Å²) >= 11 is 11.2. The number of alkyl halides is 1. The molecular weight excluding hydrogens is 200 g/mol. The summed E-state index contributed by atoms with van der Waals surface area (Å²) in [4.78, 5) is 0. The highest BCUT2D eigenvalue weighted by atomic mass is 35.5. The van der Waals surface area contributed by atoms with E-state index in [4.69, 9.17) is 28.5 Å². The molecule has 1 nitrogen and oxygen atoms in total. The monoisotopic (exact) mass is 203 g/mol. The molecule has 0 amide bonds. The van der Waals surface area contributed by atoms with Gasteiger partial charge in [0.2, 0.25) is 0 Å². The molecule has 0 bridgehead atoms. The molecule has 1 atom stereocenters. The number of nitriles is 1. The minimum atomic E-state index is -0.821. The van der Waals surface area contributed by atoms with Gasteiger partial charge in [-0.3, -0.25) is 0 Å². The maximum Gasteiger partial charge on any atom is 0.146 e. The lowest BCUT2D eigenvalue weighted by molar-refractivity contribution is 0.627. The lowest BCUT2D eigenvalue weighted by Gasteiger charge is -2.02. The molecule has 4 heteroatoms. The second kappa shape index (κ2) is 3.75. The predicted molar refractivity (Wildman–Crippen MR) is 45.6 cm³/mol. The molecule has 1 unspecified atom stereocenters. The molecule has 0 N–H and O–H groups in total. The summed E-state index contributed by atoms with van der Waals surface area (Å²) in [6.07, 6.45) is 0. The fourth-order valence-electron chi connectivity index (χ4n) is 0.777. The van der Waals surface area contributed by atoms with Crippen LogP contribution in [0.3, 0.4) is 0 Å². The minimum absolute atomic E-state index is 0.177. The summed E-state index contributed by atoms with van der Waals surface area (Å²) in [5, 5.41) is 7.80. The van der Waals surface area contributed by atoms with Gasteiger partial charge in [-0.15, -0.1) is 11.6 Å². The first-order valence-corrected chi connectivity index (χ1v) is 3.95. The third-order valence-corrected chi connectivity index (χ3v) is 2.01. The van der Waals surface area contributed by atoms with Crippen molar-refractivity contribution < 1.29 is 4.39 Å². The van der Waals surface area contributed by atoms with Gasteiger partial charge in [-0.2, -0.15) is 5.26 Å². The van der Waals surface area contributed by atoms with Crippen molar-refractivity contribution in [1.29, 1.82) is 5.26 Å². The fraction of sp³-hybridized carbons (Fsp3) is 0.125. The Balaban J connectivity index is 3.11. The van der Waals surface area contributed by atoms with Gasteiger partial charge in [0.25, 0.3) is 0 Å². The average Bonchev–Trinajstić information content (AvgIpc) is 2.03. The molecule has 1 rings (SSSR count). The Morgan fingerprint density at radius 2 is 2.17 bits per heavy atom. The topological polar surface area (TPSA) is 23.8 Å². The Kier molecular flexibility index (Phi) is 2.91. The van der Waals surface area contributed by atoms with Crippen molar-refractivity contribution in [2.24, 2.45) is 0 Å². The van der Waals surface area contributed by atoms with E-state index in [1.165, 1.54) is 12.1 Å². The van der Waals surface area contributed by atoms with Gasteiger partial charge in [-0.25, -0.2) is 4.39 Å². The molecule has 0 fully saturated rings. The average molecular weight is 204 g/mol. The maximum absolute atomic E-state index is 12.5. The zero-order valence-electron chi connectivity index (χ0n) is 5.89. The van der Waals surface area contributed by atoms with Crippen LogP contribution in [0.4, 0.5) is 4.39 Å². The molecule has 1 aromatic carbocycles. The molecule has 0 aliphatic rings. The van der Waals surface area contributed by atoms with E-state index in [9.17, 15) is 4.39 Å². The van der Waals surface area contributed by atoms with Crippen molar-refractivity contribution in [3.8, 4) is 6.07 Å². The summed E-state index contributed by atoms with van der Waals surface area (Å²) < 4.78 is 12.5. The van der Waals surface area contributed by atoms with Gasteiger partial charge in [0.15, 0.2) is 0 Å². The molecule has 0 aliphatic heterocycles. The van der Waals surface area contributed by atoms with Crippen LogP contribution in [0, 0.1) is 17.1 Å². The lowest BCUT2D eigenvalue weighted by atomic mass is 10.1. The molecule has 0 aliphatic carbocycles. The van der Waals surface area contributed by atoms with Gasteiger partial charge in [0, 0.05) is 10.6 Å². The van der Waals surface area contributed by atoms with Crippen LogP contribution in [0.2, 0.25) is 5.02 Å². The number of nitrogens with zero attached hydrogens (tertiary/aromatic N) is 1. The highest BCUT2D eigenvalue weighted by Crippen LogP contribution is 2.27. The van der Waals surface area contributed by atoms with Gasteiger partial charge in [0.05, 0.1) is 6.07 Å². The molecule has 0 radical (unpaired) electrons. The molecule has 0 saturated carbocycles. The SMILES string of the molecule is N#CC(Cl)c1ccc(F)cc1Cl.